The summed E-state index contributed by atoms with van der Waals surface area (Å²) in [5.41, 5.74) is 0. The molecule has 1 nitrogen and oxygen atoms in total. The third-order valence-electron chi connectivity index (χ3n) is 0.373. The van der Waals surface area contributed by atoms with Gasteiger partial charge >= 0.3 is 0 Å². The highest BCUT2D eigenvalue weighted by atomic mass is 35.5. The maximum absolute atomic E-state index is 7.90. The lowest BCUT2D eigenvalue weighted by Gasteiger charge is -1.85. The summed E-state index contributed by atoms with van der Waals surface area (Å²) in [5, 5.41) is 7.91. The van der Waals surface area contributed by atoms with Crippen molar-refractivity contribution in [3.63, 3.8) is 0 Å². The lowest BCUT2D eigenvalue weighted by molar-refractivity contribution is 0.978. The highest BCUT2D eigenvalue weighted by Gasteiger charge is 1.88. The van der Waals surface area contributed by atoms with Crippen molar-refractivity contribution in [2.75, 3.05) is 0 Å². The van der Waals surface area contributed by atoms with Gasteiger partial charge in [0, 0.05) is 5.38 Å². The largest absolute Gasteiger partial charge is 0.198 e. The Balaban J connectivity index is 2.88. The van der Waals surface area contributed by atoms with Gasteiger partial charge in [-0.15, -0.1) is 11.6 Å². The van der Waals surface area contributed by atoms with Crippen LogP contribution in [0.1, 0.15) is 13.3 Å². The quantitative estimate of drug-likeness (QED) is 0.462. The van der Waals surface area contributed by atoms with Crippen LogP contribution in [0.15, 0.2) is 0 Å². The van der Waals surface area contributed by atoms with Gasteiger partial charge in [0.2, 0.25) is 0 Å². The highest BCUT2D eigenvalue weighted by Crippen LogP contribution is 1.95. The van der Waals surface area contributed by atoms with E-state index in [-0.39, 0.29) is 5.38 Å². The van der Waals surface area contributed by atoms with Crippen LogP contribution in [0, 0.1) is 11.3 Å². The number of nitrogens with zero attached hydrogens (tertiary/aromatic N) is 1. The van der Waals surface area contributed by atoms with Gasteiger partial charge in [0.25, 0.3) is 0 Å². The van der Waals surface area contributed by atoms with Gasteiger partial charge < -0.3 is 0 Å². The minimum atomic E-state index is 0.00926. The number of hydrogen-bond acceptors (Lipinski definition) is 1. The molecule has 0 amide bonds. The maximum Gasteiger partial charge on any atom is 0.0637 e. The Morgan fingerprint density at radius 3 is 2.50 bits per heavy atom. The Hall–Kier alpha value is -0.220. The second kappa shape index (κ2) is 2.99. The van der Waals surface area contributed by atoms with Crippen LogP contribution in [-0.4, -0.2) is 5.38 Å². The van der Waals surface area contributed by atoms with E-state index in [2.05, 4.69) is 0 Å². The first-order chi connectivity index (χ1) is 2.77. The van der Waals surface area contributed by atoms with Crippen LogP contribution in [0.4, 0.5) is 0 Å². The second-order valence-corrected chi connectivity index (χ2v) is 1.89. The maximum atomic E-state index is 7.90. The number of rotatable bonds is 1. The van der Waals surface area contributed by atoms with Gasteiger partial charge in [-0.25, -0.2) is 0 Å². The zero-order valence-electron chi connectivity index (χ0n) is 3.61. The molecule has 0 aliphatic heterocycles. The number of hydrogen-bond donors (Lipinski definition) is 0. The molecular formula is C4H6ClN. The third-order valence-corrected chi connectivity index (χ3v) is 0.527. The first-order valence-electron chi connectivity index (χ1n) is 1.78. The van der Waals surface area contributed by atoms with Crippen molar-refractivity contribution in [1.29, 1.82) is 5.26 Å². The fraction of sp³-hybridized carbons (Fsp3) is 0.750. The summed E-state index contributed by atoms with van der Waals surface area (Å²) >= 11 is 5.36. The molecule has 0 aliphatic carbocycles. The molecule has 0 fully saturated rings. The summed E-state index contributed by atoms with van der Waals surface area (Å²) in [6.45, 7) is 1.80. The summed E-state index contributed by atoms with van der Waals surface area (Å²) in [5.74, 6) is 0. The molecular weight excluding hydrogens is 97.5 g/mol. The molecule has 0 heterocycles. The lowest BCUT2D eigenvalue weighted by Crippen LogP contribution is -1.83. The van der Waals surface area contributed by atoms with Crippen molar-refractivity contribution < 1.29 is 0 Å². The van der Waals surface area contributed by atoms with Crippen LogP contribution >= 0.6 is 11.6 Å². The van der Waals surface area contributed by atoms with Gasteiger partial charge in [-0.2, -0.15) is 5.26 Å². The first-order valence-corrected chi connectivity index (χ1v) is 2.22. The number of alkyl halides is 1. The number of halogens is 1. The highest BCUT2D eigenvalue weighted by molar-refractivity contribution is 6.20. The van der Waals surface area contributed by atoms with Crippen molar-refractivity contribution in [1.82, 2.24) is 0 Å². The molecule has 2 heteroatoms. The monoisotopic (exact) mass is 103 g/mol. The van der Waals surface area contributed by atoms with E-state index in [0.717, 1.165) is 0 Å². The molecule has 0 aromatic rings. The molecule has 0 aromatic heterocycles. The van der Waals surface area contributed by atoms with E-state index in [0.29, 0.717) is 6.42 Å². The van der Waals surface area contributed by atoms with Crippen LogP contribution in [0.2, 0.25) is 0 Å². The Bertz CT molecular complexity index is 62.4. The van der Waals surface area contributed by atoms with Crippen LogP contribution in [0.25, 0.3) is 0 Å². The van der Waals surface area contributed by atoms with Crippen molar-refractivity contribution in [3.8, 4) is 6.07 Å². The van der Waals surface area contributed by atoms with Crippen molar-refractivity contribution in [3.05, 3.63) is 0 Å². The van der Waals surface area contributed by atoms with E-state index in [4.69, 9.17) is 16.9 Å². The van der Waals surface area contributed by atoms with Gasteiger partial charge in [0.1, 0.15) is 0 Å². The van der Waals surface area contributed by atoms with E-state index in [9.17, 15) is 0 Å². The molecule has 34 valence electrons. The minimum absolute atomic E-state index is 0.00926. The normalized spacial score (nSPS) is 12.8. The molecule has 0 spiro atoms. The van der Waals surface area contributed by atoms with E-state index in [1.807, 2.05) is 6.07 Å². The molecule has 0 saturated heterocycles. The Morgan fingerprint density at radius 2 is 2.50 bits per heavy atom. The standard InChI is InChI=1S/C4H6ClN/c1-4(5)2-3-6/h4H,2H2,1H3/t4-/m1/s1. The molecule has 1 atom stereocenters. The fourth-order valence-corrected chi connectivity index (χ4v) is 0.195. The van der Waals surface area contributed by atoms with Gasteiger partial charge in [-0.3, -0.25) is 0 Å². The summed E-state index contributed by atoms with van der Waals surface area (Å²) in [4.78, 5) is 0. The predicted molar refractivity (Wildman–Crippen MR) is 25.5 cm³/mol. The SMILES string of the molecule is C[C@@H](Cl)CC#N. The Labute approximate surface area is 42.5 Å². The summed E-state index contributed by atoms with van der Waals surface area (Å²) in [6, 6.07) is 1.94. The van der Waals surface area contributed by atoms with E-state index in [1.54, 1.807) is 6.92 Å². The fourth-order valence-electron chi connectivity index (χ4n) is 0.126. The summed E-state index contributed by atoms with van der Waals surface area (Å²) < 4.78 is 0. The molecule has 0 radical (unpaired) electrons. The third kappa shape index (κ3) is 3.78. The van der Waals surface area contributed by atoms with E-state index >= 15 is 0 Å². The van der Waals surface area contributed by atoms with Crippen LogP contribution in [-0.2, 0) is 0 Å². The zero-order chi connectivity index (χ0) is 4.99. The van der Waals surface area contributed by atoms with Gasteiger partial charge in [0.15, 0.2) is 0 Å². The van der Waals surface area contributed by atoms with E-state index < -0.39 is 0 Å². The molecule has 6 heavy (non-hydrogen) atoms. The predicted octanol–water partition coefficient (Wildman–Crippen LogP) is 1.53. The van der Waals surface area contributed by atoms with Crippen LogP contribution < -0.4 is 0 Å². The molecule has 0 rings (SSSR count). The van der Waals surface area contributed by atoms with Gasteiger partial charge in [0.05, 0.1) is 12.5 Å². The average molecular weight is 104 g/mol. The van der Waals surface area contributed by atoms with Crippen molar-refractivity contribution >= 4 is 11.6 Å². The van der Waals surface area contributed by atoms with Crippen molar-refractivity contribution in [2.24, 2.45) is 0 Å². The average Bonchev–Trinajstić information content (AvgIpc) is 1.35. The van der Waals surface area contributed by atoms with Crippen LogP contribution in [0.3, 0.4) is 0 Å². The molecule has 0 aromatic carbocycles. The van der Waals surface area contributed by atoms with Crippen molar-refractivity contribution in [2.45, 2.75) is 18.7 Å². The lowest BCUT2D eigenvalue weighted by atomic mass is 10.4. The second-order valence-electron chi connectivity index (χ2n) is 1.14. The van der Waals surface area contributed by atoms with Crippen LogP contribution in [0.5, 0.6) is 0 Å². The minimum Gasteiger partial charge on any atom is -0.198 e. The molecule has 0 N–H and O–H groups in total. The molecule has 0 bridgehead atoms. The topological polar surface area (TPSA) is 23.8 Å². The van der Waals surface area contributed by atoms with E-state index in [1.165, 1.54) is 0 Å². The Morgan fingerprint density at radius 1 is 2.00 bits per heavy atom. The Kier molecular flexibility index (Phi) is 2.88. The smallest absolute Gasteiger partial charge is 0.0637 e. The number of nitriles is 1. The first kappa shape index (κ1) is 5.78. The zero-order valence-corrected chi connectivity index (χ0v) is 4.37. The van der Waals surface area contributed by atoms with Gasteiger partial charge in [-0.05, 0) is 6.92 Å². The summed E-state index contributed by atoms with van der Waals surface area (Å²) in [7, 11) is 0. The molecule has 0 saturated carbocycles. The summed E-state index contributed by atoms with van der Waals surface area (Å²) in [6.07, 6.45) is 0.446. The molecule has 0 unspecified atom stereocenters. The van der Waals surface area contributed by atoms with Gasteiger partial charge in [-0.1, -0.05) is 0 Å². The molecule has 0 aliphatic rings.